The third-order valence-electron chi connectivity index (χ3n) is 3.60. The first-order valence-corrected chi connectivity index (χ1v) is 9.63. The van der Waals surface area contributed by atoms with Gasteiger partial charge in [-0.05, 0) is 43.3 Å². The number of methoxy groups -OCH3 is 1. The molecule has 0 bridgehead atoms. The third kappa shape index (κ3) is 6.11. The van der Waals surface area contributed by atoms with Gasteiger partial charge in [0.25, 0.3) is 5.91 Å². The highest BCUT2D eigenvalue weighted by atomic mass is 35.5. The number of carbonyl (C=O) groups is 1. The Kier molecular flexibility index (Phi) is 8.06. The number of hydrogen-bond acceptors (Lipinski definition) is 4. The van der Waals surface area contributed by atoms with E-state index in [0.717, 1.165) is 5.75 Å². The summed E-state index contributed by atoms with van der Waals surface area (Å²) in [6.45, 7) is 2.15. The van der Waals surface area contributed by atoms with Gasteiger partial charge < -0.3 is 14.8 Å². The Balaban J connectivity index is 1.69. The van der Waals surface area contributed by atoms with Crippen molar-refractivity contribution in [2.24, 2.45) is 0 Å². The van der Waals surface area contributed by atoms with Gasteiger partial charge in [-0.15, -0.1) is 0 Å². The Morgan fingerprint density at radius 3 is 2.58 bits per heavy atom. The van der Waals surface area contributed by atoms with Crippen LogP contribution in [0, 0.1) is 5.82 Å². The van der Waals surface area contributed by atoms with E-state index in [1.165, 1.54) is 17.8 Å². The van der Waals surface area contributed by atoms with Gasteiger partial charge in [-0.2, -0.15) is 11.8 Å². The van der Waals surface area contributed by atoms with Crippen molar-refractivity contribution in [3.8, 4) is 11.5 Å². The molecule has 2 aromatic rings. The minimum atomic E-state index is -0.616. The first kappa shape index (κ1) is 20.4. The highest BCUT2D eigenvalue weighted by Crippen LogP contribution is 2.23. The summed E-state index contributed by atoms with van der Waals surface area (Å²) in [7, 11) is 1.59. The summed E-state index contributed by atoms with van der Waals surface area (Å²) in [5, 5.41) is 3.22. The molecular weight excluding hydrogens is 377 g/mol. The lowest BCUT2D eigenvalue weighted by Gasteiger charge is -2.15. The summed E-state index contributed by atoms with van der Waals surface area (Å²) in [5.41, 5.74) is 0.488. The fourth-order valence-corrected chi connectivity index (χ4v) is 3.34. The van der Waals surface area contributed by atoms with E-state index < -0.39 is 6.10 Å². The molecule has 0 fully saturated rings. The van der Waals surface area contributed by atoms with Crippen LogP contribution in [0.2, 0.25) is 5.02 Å². The molecule has 0 heterocycles. The Morgan fingerprint density at radius 2 is 1.92 bits per heavy atom. The lowest BCUT2D eigenvalue weighted by atomic mass is 10.2. The van der Waals surface area contributed by atoms with E-state index in [2.05, 4.69) is 5.32 Å². The number of carbonyl (C=O) groups excluding carboxylic acids is 1. The van der Waals surface area contributed by atoms with Crippen LogP contribution in [0.4, 0.5) is 4.39 Å². The molecule has 1 amide bonds. The van der Waals surface area contributed by atoms with E-state index >= 15 is 0 Å². The topological polar surface area (TPSA) is 47.6 Å². The van der Waals surface area contributed by atoms with Crippen molar-refractivity contribution in [3.05, 3.63) is 58.9 Å². The van der Waals surface area contributed by atoms with Crippen molar-refractivity contribution in [1.82, 2.24) is 5.32 Å². The summed E-state index contributed by atoms with van der Waals surface area (Å²) >= 11 is 7.49. The van der Waals surface area contributed by atoms with E-state index in [4.69, 9.17) is 21.1 Å². The first-order valence-electron chi connectivity index (χ1n) is 8.10. The van der Waals surface area contributed by atoms with Crippen molar-refractivity contribution in [2.75, 3.05) is 19.4 Å². The predicted molar refractivity (Wildman–Crippen MR) is 104 cm³/mol. The summed E-state index contributed by atoms with van der Waals surface area (Å²) in [4.78, 5) is 12.1. The summed E-state index contributed by atoms with van der Waals surface area (Å²) in [6, 6.07) is 11.7. The van der Waals surface area contributed by atoms with Gasteiger partial charge in [0.1, 0.15) is 17.3 Å². The molecule has 0 aliphatic heterocycles. The van der Waals surface area contributed by atoms with Crippen LogP contribution in [-0.2, 0) is 10.5 Å². The summed E-state index contributed by atoms with van der Waals surface area (Å²) < 4.78 is 24.3. The normalized spacial score (nSPS) is 11.7. The number of thioether (sulfide) groups is 1. The SMILES string of the molecule is COc1ccc(O[C@@H](C)C(=O)NCCSCc2c(F)cccc2Cl)cc1. The molecule has 26 heavy (non-hydrogen) atoms. The second-order valence-corrected chi connectivity index (χ2v) is 6.99. The maximum atomic E-state index is 13.7. The number of amides is 1. The molecule has 0 saturated carbocycles. The van der Waals surface area contributed by atoms with Gasteiger partial charge in [0.2, 0.25) is 0 Å². The molecule has 0 spiro atoms. The molecule has 4 nitrogen and oxygen atoms in total. The number of ether oxygens (including phenoxy) is 2. The van der Waals surface area contributed by atoms with E-state index in [1.54, 1.807) is 50.4 Å². The molecule has 0 aromatic heterocycles. The van der Waals surface area contributed by atoms with Crippen molar-refractivity contribution >= 4 is 29.3 Å². The van der Waals surface area contributed by atoms with Crippen LogP contribution < -0.4 is 14.8 Å². The van der Waals surface area contributed by atoms with Gasteiger partial charge in [0.05, 0.1) is 7.11 Å². The summed E-state index contributed by atoms with van der Waals surface area (Å²) in [5.74, 6) is 1.91. The highest BCUT2D eigenvalue weighted by molar-refractivity contribution is 7.98. The van der Waals surface area contributed by atoms with E-state index in [9.17, 15) is 9.18 Å². The molecular formula is C19H21ClFNO3S. The minimum Gasteiger partial charge on any atom is -0.497 e. The van der Waals surface area contributed by atoms with Crippen LogP contribution in [0.25, 0.3) is 0 Å². The van der Waals surface area contributed by atoms with E-state index in [1.807, 2.05) is 0 Å². The zero-order valence-electron chi connectivity index (χ0n) is 14.6. The fourth-order valence-electron chi connectivity index (χ4n) is 2.15. The number of rotatable bonds is 9. The molecule has 0 radical (unpaired) electrons. The molecule has 2 rings (SSSR count). The maximum absolute atomic E-state index is 13.7. The summed E-state index contributed by atoms with van der Waals surface area (Å²) in [6.07, 6.45) is -0.616. The predicted octanol–water partition coefficient (Wildman–Crippen LogP) is 4.30. The third-order valence-corrected chi connectivity index (χ3v) is 4.93. The van der Waals surface area contributed by atoms with Crippen LogP contribution in [0.15, 0.2) is 42.5 Å². The van der Waals surface area contributed by atoms with Crippen LogP contribution in [0.1, 0.15) is 12.5 Å². The molecule has 0 aliphatic carbocycles. The second-order valence-electron chi connectivity index (χ2n) is 5.48. The fraction of sp³-hybridized carbons (Fsp3) is 0.316. The molecule has 7 heteroatoms. The van der Waals surface area contributed by atoms with Gasteiger partial charge in [-0.25, -0.2) is 4.39 Å². The van der Waals surface area contributed by atoms with Crippen LogP contribution in [0.5, 0.6) is 11.5 Å². The second kappa shape index (κ2) is 10.3. The molecule has 1 atom stereocenters. The van der Waals surface area contributed by atoms with Gasteiger partial charge in [-0.1, -0.05) is 17.7 Å². The minimum absolute atomic E-state index is 0.203. The molecule has 0 aliphatic rings. The lowest BCUT2D eigenvalue weighted by Crippen LogP contribution is -2.37. The van der Waals surface area contributed by atoms with Crippen LogP contribution in [0.3, 0.4) is 0 Å². The average Bonchev–Trinajstić information content (AvgIpc) is 2.64. The van der Waals surface area contributed by atoms with Gasteiger partial charge >= 0.3 is 0 Å². The Bertz CT molecular complexity index is 707. The van der Waals surface area contributed by atoms with Crippen molar-refractivity contribution in [2.45, 2.75) is 18.8 Å². The lowest BCUT2D eigenvalue weighted by molar-refractivity contribution is -0.127. The smallest absolute Gasteiger partial charge is 0.260 e. The Hall–Kier alpha value is -1.92. The average molecular weight is 398 g/mol. The zero-order chi connectivity index (χ0) is 18.9. The van der Waals surface area contributed by atoms with Crippen molar-refractivity contribution in [1.29, 1.82) is 0 Å². The standard InChI is InChI=1S/C19H21ClFNO3S/c1-13(25-15-8-6-14(24-2)7-9-15)19(23)22-10-11-26-12-16-17(20)4-3-5-18(16)21/h3-9,13H,10-12H2,1-2H3,(H,22,23)/t13-/m0/s1. The largest absolute Gasteiger partial charge is 0.497 e. The number of halogens is 2. The molecule has 140 valence electrons. The number of benzene rings is 2. The van der Waals surface area contributed by atoms with Gasteiger partial charge in [0.15, 0.2) is 6.10 Å². The molecule has 0 unspecified atom stereocenters. The zero-order valence-corrected chi connectivity index (χ0v) is 16.2. The van der Waals surface area contributed by atoms with Gasteiger partial charge in [0, 0.05) is 28.6 Å². The van der Waals surface area contributed by atoms with E-state index in [0.29, 0.717) is 34.4 Å². The highest BCUT2D eigenvalue weighted by Gasteiger charge is 2.14. The number of hydrogen-bond donors (Lipinski definition) is 1. The molecule has 0 saturated heterocycles. The van der Waals surface area contributed by atoms with Crippen LogP contribution >= 0.6 is 23.4 Å². The monoisotopic (exact) mass is 397 g/mol. The van der Waals surface area contributed by atoms with Gasteiger partial charge in [-0.3, -0.25) is 4.79 Å². The van der Waals surface area contributed by atoms with E-state index in [-0.39, 0.29) is 11.7 Å². The molecule has 2 aromatic carbocycles. The maximum Gasteiger partial charge on any atom is 0.260 e. The van der Waals surface area contributed by atoms with Crippen LogP contribution in [-0.4, -0.2) is 31.4 Å². The van der Waals surface area contributed by atoms with Crippen molar-refractivity contribution < 1.29 is 18.7 Å². The first-order chi connectivity index (χ1) is 12.5. The Morgan fingerprint density at radius 1 is 1.23 bits per heavy atom. The number of nitrogens with one attached hydrogen (secondary N) is 1. The molecule has 1 N–H and O–H groups in total. The quantitative estimate of drug-likeness (QED) is 0.641. The van der Waals surface area contributed by atoms with Crippen molar-refractivity contribution in [3.63, 3.8) is 0 Å². The Labute approximate surface area is 162 Å².